The molecule has 0 unspecified atom stereocenters. The molecule has 0 rings (SSSR count). The Balaban J connectivity index is 0. The molecular formula is C2H6Y54-2. The van der Waals surface area contributed by atoms with Crippen LogP contribution >= 0.6 is 0 Å². The van der Waals surface area contributed by atoms with E-state index in [9.17, 15) is 0 Å². The van der Waals surface area contributed by atoms with Crippen LogP contribution < -0.4 is 0 Å². The third kappa shape index (κ3) is 405. The molecule has 0 heterocycles. The summed E-state index contributed by atoms with van der Waals surface area (Å²) < 4.78 is 0. The second-order valence-electron chi connectivity index (χ2n) is 0. The van der Waals surface area contributed by atoms with Crippen molar-refractivity contribution in [1.29, 1.82) is 0 Å². The first kappa shape index (κ1) is 427. The zero-order chi connectivity index (χ0) is 0. The van der Waals surface area contributed by atoms with Crippen LogP contribution in [0, 0.1) is 14.9 Å². The molecule has 54 radical (unpaired) electrons. The van der Waals surface area contributed by atoms with Gasteiger partial charge in [0.1, 0.15) is 0 Å². The normalized spacial score (nSPS) is 0. The summed E-state index contributed by atoms with van der Waals surface area (Å²) in [6.07, 6.45) is 0. The van der Waals surface area contributed by atoms with Crippen molar-refractivity contribution < 1.29 is 1770 Å². The van der Waals surface area contributed by atoms with E-state index in [4.69, 9.17) is 0 Å². The third-order valence-corrected chi connectivity index (χ3v) is 0. The van der Waals surface area contributed by atoms with Crippen LogP contribution in [-0.2, 0) is 1770 Å². The zero-order valence-electron chi connectivity index (χ0n) is 33.2. The average molecular weight is 4830 g/mol. The molecule has 0 spiro atoms. The maximum Gasteiger partial charge on any atom is 0 e. The minimum atomic E-state index is 0. The molecule has 178 valence electrons. The Morgan fingerprint density at radius 2 is 0.0357 bits per heavy atom. The van der Waals surface area contributed by atoms with Gasteiger partial charge in [-0.15, -0.1) is 0 Å². The summed E-state index contributed by atoms with van der Waals surface area (Å²) in [6.45, 7) is 0. The monoisotopic (exact) mass is 4830 g/mol. The van der Waals surface area contributed by atoms with Crippen molar-refractivity contribution in [1.82, 2.24) is 0 Å². The smallest absolute Gasteiger partial charge is 0 e. The van der Waals surface area contributed by atoms with Crippen molar-refractivity contribution in [2.75, 3.05) is 0 Å². The van der Waals surface area contributed by atoms with Crippen molar-refractivity contribution in [3.8, 4) is 0 Å². The van der Waals surface area contributed by atoms with Gasteiger partial charge in [-0.1, -0.05) is 0 Å². The molecule has 0 fully saturated rings. The van der Waals surface area contributed by atoms with E-state index in [0.29, 0.717) is 0 Å². The maximum absolute atomic E-state index is 0. The molecule has 0 aliphatic heterocycles. The standard InChI is InChI=1S/2CH3.54Y/h2*1H3;;;;;;;;;;;;;;;;;;;;;;;;;;;;;;;;;;;;;;;;;;;;;;;;;;;;;;/q2*-1;;;;;;;;;;;;;;;;;;;;;;;;;;;;;;;;;;;;;;;;;;;;;;;;;;;;;;. The summed E-state index contributed by atoms with van der Waals surface area (Å²) in [6, 6.07) is 0. The molecule has 0 aliphatic rings. The summed E-state index contributed by atoms with van der Waals surface area (Å²) in [5, 5.41) is 0. The summed E-state index contributed by atoms with van der Waals surface area (Å²) in [7, 11) is 0. The van der Waals surface area contributed by atoms with Crippen LogP contribution in [0.3, 0.4) is 0 Å². The van der Waals surface area contributed by atoms with Crippen LogP contribution in [0.15, 0.2) is 0 Å². The largest absolute Gasteiger partial charge is 0.358 e. The Morgan fingerprint density at radius 3 is 0.0357 bits per heavy atom. The Hall–Kier alpha value is 59.6. The Morgan fingerprint density at radius 1 is 0.0357 bits per heavy atom. The fraction of sp³-hybridized carbons (Fsp3) is 0. The van der Waals surface area contributed by atoms with Gasteiger partial charge in [-0.05, 0) is 0 Å². The van der Waals surface area contributed by atoms with E-state index in [1.54, 1.807) is 0 Å². The molecule has 0 saturated carbocycles. The van der Waals surface area contributed by atoms with E-state index in [1.165, 1.54) is 0 Å². The molecule has 0 amide bonds. The Labute approximate surface area is 1710 Å². The molecule has 0 aromatic carbocycles. The van der Waals surface area contributed by atoms with Crippen LogP contribution in [-0.4, -0.2) is 0 Å². The molecule has 0 nitrogen and oxygen atoms in total. The third-order valence-electron chi connectivity index (χ3n) is 0. The fourth-order valence-corrected chi connectivity index (χ4v) is 0. The minimum Gasteiger partial charge on any atom is -0.358 e. The molecule has 56 heavy (non-hydrogen) atoms. The van der Waals surface area contributed by atoms with Crippen molar-refractivity contribution in [2.45, 2.75) is 0 Å². The van der Waals surface area contributed by atoms with Gasteiger partial charge in [0.25, 0.3) is 0 Å². The van der Waals surface area contributed by atoms with Gasteiger partial charge in [0.05, 0.1) is 0 Å². The molecule has 54 heteroatoms. The molecular weight excluding hydrogens is 4820 g/mol. The van der Waals surface area contributed by atoms with E-state index >= 15 is 0 Å². The van der Waals surface area contributed by atoms with E-state index in [0.717, 1.165) is 0 Å². The molecule has 0 atom stereocenters. The molecule has 0 bridgehead atoms. The van der Waals surface area contributed by atoms with Crippen molar-refractivity contribution in [3.63, 3.8) is 0 Å². The van der Waals surface area contributed by atoms with Crippen molar-refractivity contribution in [2.24, 2.45) is 0 Å². The maximum atomic E-state index is 0. The minimum absolute atomic E-state index is 0. The SMILES string of the molecule is [CH3-].[CH3-].[Y].[Y].[Y].[Y].[Y].[Y].[Y].[Y].[Y].[Y].[Y].[Y].[Y].[Y].[Y].[Y].[Y].[Y].[Y].[Y].[Y].[Y].[Y].[Y].[Y].[Y].[Y].[Y].[Y].[Y].[Y].[Y].[Y].[Y].[Y].[Y].[Y].[Y].[Y].[Y].[Y].[Y].[Y].[Y].[Y].[Y].[Y].[Y].[Y].[Y].[Y].[Y].[Y].[Y]. The quantitative estimate of drug-likeness (QED) is 0.315. The predicted molar refractivity (Wildman–Crippen MR) is 12.8 cm³/mol. The van der Waals surface area contributed by atoms with Gasteiger partial charge in [-0.2, -0.15) is 0 Å². The van der Waals surface area contributed by atoms with Gasteiger partial charge in [-0.3, -0.25) is 0 Å². The molecule has 0 aliphatic carbocycles. The first-order chi connectivity index (χ1) is 0. The van der Waals surface area contributed by atoms with Crippen LogP contribution in [0.5, 0.6) is 0 Å². The summed E-state index contributed by atoms with van der Waals surface area (Å²) in [4.78, 5) is 0. The van der Waals surface area contributed by atoms with Gasteiger partial charge in [0.15, 0.2) is 0 Å². The summed E-state index contributed by atoms with van der Waals surface area (Å²) in [5.74, 6) is 0. The van der Waals surface area contributed by atoms with Crippen LogP contribution in [0.1, 0.15) is 0 Å². The molecule has 0 N–H and O–H groups in total. The first-order valence-corrected chi connectivity index (χ1v) is 0. The zero-order valence-corrected chi connectivity index (χ0v) is 186. The van der Waals surface area contributed by atoms with E-state index in [2.05, 4.69) is 0 Å². The van der Waals surface area contributed by atoms with E-state index in [-0.39, 0.29) is 1780 Å². The second kappa shape index (κ2) is 416. The molecule has 0 aromatic rings. The first-order valence-electron chi connectivity index (χ1n) is 0. The number of hydrogen-bond acceptors (Lipinski definition) is 0. The van der Waals surface area contributed by atoms with Crippen LogP contribution in [0.4, 0.5) is 0 Å². The number of hydrogen-bond donors (Lipinski definition) is 0. The van der Waals surface area contributed by atoms with Gasteiger partial charge < -0.3 is 14.9 Å². The van der Waals surface area contributed by atoms with Gasteiger partial charge in [0.2, 0.25) is 0 Å². The second-order valence-corrected chi connectivity index (χ2v) is 0. The van der Waals surface area contributed by atoms with Gasteiger partial charge >= 0.3 is 0 Å². The molecule has 0 aromatic heterocycles. The van der Waals surface area contributed by atoms with Crippen LogP contribution in [0.2, 0.25) is 0 Å². The predicted octanol–water partition coefficient (Wildman–Crippen LogP) is 0.766. The van der Waals surface area contributed by atoms with Crippen LogP contribution in [0.25, 0.3) is 0 Å². The van der Waals surface area contributed by atoms with E-state index < -0.39 is 0 Å². The van der Waals surface area contributed by atoms with Gasteiger partial charge in [-0.25, -0.2) is 0 Å². The summed E-state index contributed by atoms with van der Waals surface area (Å²) >= 11 is 0. The van der Waals surface area contributed by atoms with E-state index in [1.807, 2.05) is 0 Å². The van der Waals surface area contributed by atoms with Crippen molar-refractivity contribution in [3.05, 3.63) is 14.9 Å². The molecule has 0 saturated heterocycles. The fourth-order valence-electron chi connectivity index (χ4n) is 0. The van der Waals surface area contributed by atoms with Gasteiger partial charge in [0, 0.05) is 1770 Å². The topological polar surface area (TPSA) is 0 Å². The Bertz CT molecular complexity index is 12.4. The van der Waals surface area contributed by atoms with Crippen molar-refractivity contribution >= 4 is 0 Å². The average Bonchev–Trinajstić information content (AvgIpc) is 0. The summed E-state index contributed by atoms with van der Waals surface area (Å²) in [5.41, 5.74) is 0. The Kier molecular flexibility index (Phi) is 3180. The number of rotatable bonds is 0.